The van der Waals surface area contributed by atoms with Crippen molar-refractivity contribution in [2.24, 2.45) is 5.73 Å². The van der Waals surface area contributed by atoms with Crippen molar-refractivity contribution < 1.29 is 18.7 Å². The van der Waals surface area contributed by atoms with Crippen LogP contribution in [0.5, 0.6) is 0 Å². The van der Waals surface area contributed by atoms with Crippen LogP contribution in [-0.2, 0) is 17.8 Å². The van der Waals surface area contributed by atoms with E-state index in [0.717, 1.165) is 6.07 Å². The quantitative estimate of drug-likeness (QED) is 0.818. The minimum atomic E-state index is -2.85. The molecule has 0 amide bonds. The lowest BCUT2D eigenvalue weighted by Crippen LogP contribution is -2.11. The lowest BCUT2D eigenvalue weighted by atomic mass is 10.1. The summed E-state index contributed by atoms with van der Waals surface area (Å²) in [7, 11) is 0. The lowest BCUT2D eigenvalue weighted by molar-refractivity contribution is -0.136. The summed E-state index contributed by atoms with van der Waals surface area (Å²) in [6, 6.07) is 2.73. The van der Waals surface area contributed by atoms with Gasteiger partial charge in [0.25, 0.3) is 6.43 Å². The van der Waals surface area contributed by atoms with E-state index in [1.807, 2.05) is 0 Å². The van der Waals surface area contributed by atoms with Gasteiger partial charge in [0, 0.05) is 17.7 Å². The summed E-state index contributed by atoms with van der Waals surface area (Å²) in [5.41, 5.74) is 4.56. The number of nitrogens with zero attached hydrogens (tertiary/aromatic N) is 2. The van der Waals surface area contributed by atoms with Crippen LogP contribution in [0, 0.1) is 11.3 Å². The average Bonchev–Trinajstić information content (AvgIpc) is 2.27. The van der Waals surface area contributed by atoms with E-state index in [-0.39, 0.29) is 23.5 Å². The first-order valence-electron chi connectivity index (χ1n) is 4.62. The van der Waals surface area contributed by atoms with Crippen LogP contribution >= 0.6 is 0 Å². The molecule has 0 spiro atoms. The second kappa shape index (κ2) is 5.32. The highest BCUT2D eigenvalue weighted by molar-refractivity contribution is 5.70. The molecular weight excluding hydrogens is 232 g/mol. The Bertz CT molecular complexity index is 483. The zero-order valence-electron chi connectivity index (χ0n) is 8.65. The average molecular weight is 241 g/mol. The number of nitrogens with two attached hydrogens (primary N) is 1. The number of carboxylic acid groups (broad SMARTS) is 1. The van der Waals surface area contributed by atoms with Crippen molar-refractivity contribution in [2.75, 3.05) is 0 Å². The maximum atomic E-state index is 12.7. The Morgan fingerprint density at radius 1 is 1.65 bits per heavy atom. The Morgan fingerprint density at radius 3 is 2.71 bits per heavy atom. The molecule has 17 heavy (non-hydrogen) atoms. The van der Waals surface area contributed by atoms with Crippen LogP contribution in [0.1, 0.15) is 28.9 Å². The molecule has 0 fully saturated rings. The van der Waals surface area contributed by atoms with Gasteiger partial charge in [0.1, 0.15) is 11.8 Å². The van der Waals surface area contributed by atoms with Crippen LogP contribution in [0.2, 0.25) is 0 Å². The molecule has 90 valence electrons. The van der Waals surface area contributed by atoms with Gasteiger partial charge < -0.3 is 10.8 Å². The normalized spacial score (nSPS) is 10.3. The zero-order chi connectivity index (χ0) is 13.0. The smallest absolute Gasteiger partial charge is 0.309 e. The van der Waals surface area contributed by atoms with Crippen LogP contribution in [0.15, 0.2) is 6.07 Å². The van der Waals surface area contributed by atoms with E-state index in [9.17, 15) is 13.6 Å². The molecule has 1 heterocycles. The maximum absolute atomic E-state index is 12.7. The second-order valence-corrected chi connectivity index (χ2v) is 3.22. The monoisotopic (exact) mass is 241 g/mol. The topological polar surface area (TPSA) is 100 Å². The molecule has 0 unspecified atom stereocenters. The predicted molar refractivity (Wildman–Crippen MR) is 53.1 cm³/mol. The van der Waals surface area contributed by atoms with Gasteiger partial charge in [0.05, 0.1) is 12.1 Å². The minimum Gasteiger partial charge on any atom is -0.481 e. The Hall–Kier alpha value is -2.07. The molecule has 7 heteroatoms. The molecule has 3 N–H and O–H groups in total. The van der Waals surface area contributed by atoms with Crippen LogP contribution < -0.4 is 5.73 Å². The number of carbonyl (C=O) groups is 1. The Morgan fingerprint density at radius 2 is 2.29 bits per heavy atom. The van der Waals surface area contributed by atoms with Crippen molar-refractivity contribution in [1.82, 2.24) is 4.98 Å². The molecule has 0 aromatic carbocycles. The summed E-state index contributed by atoms with van der Waals surface area (Å²) in [5, 5.41) is 17.3. The van der Waals surface area contributed by atoms with Crippen LogP contribution in [-0.4, -0.2) is 16.1 Å². The van der Waals surface area contributed by atoms with Crippen molar-refractivity contribution in [2.45, 2.75) is 19.4 Å². The van der Waals surface area contributed by atoms with Gasteiger partial charge in [0.15, 0.2) is 0 Å². The number of nitriles is 1. The molecule has 0 saturated heterocycles. The predicted octanol–water partition coefficient (Wildman–Crippen LogP) is 0.977. The first-order chi connectivity index (χ1) is 7.99. The number of carboxylic acids is 1. The number of halogens is 2. The highest BCUT2D eigenvalue weighted by atomic mass is 19.3. The standard InChI is InChI=1S/C10H9F2N3O2/c11-10(12)6-1-5(3-13)8(4-14)15-7(6)2-9(16)17/h1,10H,2-3,13H2,(H,16,17). The first kappa shape index (κ1) is 13.0. The number of pyridine rings is 1. The van der Waals surface area contributed by atoms with Gasteiger partial charge in [-0.25, -0.2) is 13.8 Å². The van der Waals surface area contributed by atoms with Gasteiger partial charge in [-0.3, -0.25) is 4.79 Å². The van der Waals surface area contributed by atoms with Gasteiger partial charge >= 0.3 is 5.97 Å². The van der Waals surface area contributed by atoms with Crippen molar-refractivity contribution in [3.8, 4) is 6.07 Å². The number of aromatic nitrogens is 1. The van der Waals surface area contributed by atoms with E-state index in [1.165, 1.54) is 0 Å². The largest absolute Gasteiger partial charge is 0.481 e. The van der Waals surface area contributed by atoms with Gasteiger partial charge in [-0.15, -0.1) is 0 Å². The van der Waals surface area contributed by atoms with E-state index in [2.05, 4.69) is 4.98 Å². The molecule has 0 aliphatic heterocycles. The van der Waals surface area contributed by atoms with E-state index >= 15 is 0 Å². The van der Waals surface area contributed by atoms with Crippen LogP contribution in [0.4, 0.5) is 8.78 Å². The highest BCUT2D eigenvalue weighted by Crippen LogP contribution is 2.24. The van der Waals surface area contributed by atoms with Gasteiger partial charge in [0.2, 0.25) is 0 Å². The van der Waals surface area contributed by atoms with Gasteiger partial charge in [-0.2, -0.15) is 5.26 Å². The maximum Gasteiger partial charge on any atom is 0.309 e. The molecule has 0 aliphatic carbocycles. The first-order valence-corrected chi connectivity index (χ1v) is 4.62. The molecule has 5 nitrogen and oxygen atoms in total. The number of hydrogen-bond acceptors (Lipinski definition) is 4. The summed E-state index contributed by atoms with van der Waals surface area (Å²) >= 11 is 0. The van der Waals surface area contributed by atoms with E-state index in [0.29, 0.717) is 0 Å². The summed E-state index contributed by atoms with van der Waals surface area (Å²) in [6.07, 6.45) is -3.51. The lowest BCUT2D eigenvalue weighted by Gasteiger charge is -2.09. The van der Waals surface area contributed by atoms with Crippen molar-refractivity contribution in [1.29, 1.82) is 5.26 Å². The summed E-state index contributed by atoms with van der Waals surface area (Å²) in [4.78, 5) is 14.1. The molecule has 0 aliphatic rings. The molecule has 0 atom stereocenters. The van der Waals surface area contributed by atoms with Gasteiger partial charge in [-0.1, -0.05) is 0 Å². The minimum absolute atomic E-state index is 0.108. The van der Waals surface area contributed by atoms with Gasteiger partial charge in [-0.05, 0) is 6.07 Å². The number of aliphatic carboxylic acids is 1. The molecule has 1 aromatic heterocycles. The SMILES string of the molecule is N#Cc1nc(CC(=O)O)c(C(F)F)cc1CN. The van der Waals surface area contributed by atoms with E-state index in [1.54, 1.807) is 6.07 Å². The summed E-state index contributed by atoms with van der Waals surface area (Å²) < 4.78 is 25.3. The number of alkyl halides is 2. The third kappa shape index (κ3) is 2.95. The molecular formula is C10H9F2N3O2. The zero-order valence-corrected chi connectivity index (χ0v) is 8.65. The van der Waals surface area contributed by atoms with E-state index < -0.39 is 24.4 Å². The number of hydrogen-bond donors (Lipinski definition) is 2. The van der Waals surface area contributed by atoms with E-state index in [4.69, 9.17) is 16.1 Å². The van der Waals surface area contributed by atoms with Crippen molar-refractivity contribution in [3.05, 3.63) is 28.6 Å². The highest BCUT2D eigenvalue weighted by Gasteiger charge is 2.19. The van der Waals surface area contributed by atoms with Crippen LogP contribution in [0.3, 0.4) is 0 Å². The molecule has 0 bridgehead atoms. The molecule has 0 radical (unpaired) electrons. The molecule has 0 saturated carbocycles. The Labute approximate surface area is 95.5 Å². The molecule has 1 rings (SSSR count). The fraction of sp³-hybridized carbons (Fsp3) is 0.300. The fourth-order valence-electron chi connectivity index (χ4n) is 1.34. The fourth-order valence-corrected chi connectivity index (χ4v) is 1.34. The van der Waals surface area contributed by atoms with Crippen molar-refractivity contribution in [3.63, 3.8) is 0 Å². The van der Waals surface area contributed by atoms with Crippen LogP contribution in [0.25, 0.3) is 0 Å². The second-order valence-electron chi connectivity index (χ2n) is 3.22. The van der Waals surface area contributed by atoms with Crippen molar-refractivity contribution >= 4 is 5.97 Å². The number of rotatable bonds is 4. The Balaban J connectivity index is 3.36. The summed E-state index contributed by atoms with van der Waals surface area (Å²) in [5.74, 6) is -1.29. The third-order valence-electron chi connectivity index (χ3n) is 2.09. The summed E-state index contributed by atoms with van der Waals surface area (Å²) in [6.45, 7) is -0.108. The Kier molecular flexibility index (Phi) is 4.06. The third-order valence-corrected chi connectivity index (χ3v) is 2.09. The molecule has 1 aromatic rings.